The molecule has 2 amide bonds. The van der Waals surface area contributed by atoms with Crippen molar-refractivity contribution in [2.75, 3.05) is 13.1 Å². The molecule has 1 aromatic rings. The van der Waals surface area contributed by atoms with Crippen molar-refractivity contribution in [3.63, 3.8) is 0 Å². The van der Waals surface area contributed by atoms with Gasteiger partial charge < -0.3 is 15.3 Å². The number of nitrogens with one attached hydrogen (secondary N) is 1. The number of hydrogen-bond acceptors (Lipinski definition) is 3. The Bertz CT molecular complexity index is 622. The van der Waals surface area contributed by atoms with Gasteiger partial charge in [-0.1, -0.05) is 18.2 Å². The van der Waals surface area contributed by atoms with E-state index in [4.69, 9.17) is 5.11 Å². The second kappa shape index (κ2) is 4.87. The summed E-state index contributed by atoms with van der Waals surface area (Å²) in [4.78, 5) is 36.5. The number of carboxylic acid groups (broad SMARTS) is 1. The summed E-state index contributed by atoms with van der Waals surface area (Å²) in [5.74, 6) is -1.34. The van der Waals surface area contributed by atoms with Gasteiger partial charge in [-0.2, -0.15) is 0 Å². The van der Waals surface area contributed by atoms with E-state index in [-0.39, 0.29) is 24.9 Å². The van der Waals surface area contributed by atoms with Gasteiger partial charge in [0.15, 0.2) is 0 Å². The van der Waals surface area contributed by atoms with Crippen LogP contribution in [0.4, 0.5) is 0 Å². The van der Waals surface area contributed by atoms with Gasteiger partial charge >= 0.3 is 5.97 Å². The molecular weight excluding hydrogens is 272 g/mol. The number of carbonyl (C=O) groups excluding carboxylic acids is 2. The molecule has 1 saturated carbocycles. The van der Waals surface area contributed by atoms with Gasteiger partial charge in [-0.25, -0.2) is 0 Å². The van der Waals surface area contributed by atoms with E-state index in [2.05, 4.69) is 5.32 Å². The first kappa shape index (κ1) is 13.6. The summed E-state index contributed by atoms with van der Waals surface area (Å²) in [6, 6.07) is 7.28. The summed E-state index contributed by atoms with van der Waals surface area (Å²) < 4.78 is 0. The Morgan fingerprint density at radius 2 is 2.00 bits per heavy atom. The SMILES string of the molecule is O=C(CN1Cc2ccccc2C1=O)NCC1(C(=O)O)CC1. The van der Waals surface area contributed by atoms with E-state index in [1.54, 1.807) is 12.1 Å². The van der Waals surface area contributed by atoms with Crippen molar-refractivity contribution in [2.45, 2.75) is 19.4 Å². The van der Waals surface area contributed by atoms with Crippen molar-refractivity contribution < 1.29 is 19.5 Å². The molecule has 0 saturated heterocycles. The Morgan fingerprint density at radius 3 is 2.62 bits per heavy atom. The summed E-state index contributed by atoms with van der Waals surface area (Å²) in [5.41, 5.74) is 0.766. The monoisotopic (exact) mass is 288 g/mol. The highest BCUT2D eigenvalue weighted by Crippen LogP contribution is 2.45. The molecule has 0 aromatic heterocycles. The van der Waals surface area contributed by atoms with E-state index in [1.807, 2.05) is 12.1 Å². The number of aliphatic carboxylic acids is 1. The number of nitrogens with zero attached hydrogens (tertiary/aromatic N) is 1. The van der Waals surface area contributed by atoms with Crippen molar-refractivity contribution in [3.8, 4) is 0 Å². The smallest absolute Gasteiger partial charge is 0.311 e. The molecule has 1 aromatic carbocycles. The lowest BCUT2D eigenvalue weighted by atomic mass is 10.1. The lowest BCUT2D eigenvalue weighted by Crippen LogP contribution is -2.41. The third-order valence-corrected chi connectivity index (χ3v) is 4.16. The number of benzene rings is 1. The van der Waals surface area contributed by atoms with Gasteiger partial charge in [0.05, 0.1) is 5.41 Å². The van der Waals surface area contributed by atoms with Crippen molar-refractivity contribution in [1.82, 2.24) is 10.2 Å². The summed E-state index contributed by atoms with van der Waals surface area (Å²) in [7, 11) is 0. The lowest BCUT2D eigenvalue weighted by Gasteiger charge is -2.16. The summed E-state index contributed by atoms with van der Waals surface area (Å²) >= 11 is 0. The van der Waals surface area contributed by atoms with Crippen molar-refractivity contribution in [1.29, 1.82) is 0 Å². The van der Waals surface area contributed by atoms with Gasteiger partial charge in [-0.05, 0) is 24.5 Å². The molecule has 2 aliphatic rings. The van der Waals surface area contributed by atoms with E-state index in [1.165, 1.54) is 4.90 Å². The molecule has 1 fully saturated rings. The average molecular weight is 288 g/mol. The zero-order chi connectivity index (χ0) is 15.0. The Morgan fingerprint density at radius 1 is 1.29 bits per heavy atom. The fraction of sp³-hybridized carbons (Fsp3) is 0.400. The van der Waals surface area contributed by atoms with Crippen LogP contribution in [0.15, 0.2) is 24.3 Å². The molecule has 1 aliphatic carbocycles. The second-order valence-corrected chi connectivity index (χ2v) is 5.68. The third-order valence-electron chi connectivity index (χ3n) is 4.16. The van der Waals surface area contributed by atoms with Gasteiger partial charge in [-0.3, -0.25) is 14.4 Å². The lowest BCUT2D eigenvalue weighted by molar-refractivity contribution is -0.143. The van der Waals surface area contributed by atoms with Crippen molar-refractivity contribution >= 4 is 17.8 Å². The number of carbonyl (C=O) groups is 3. The average Bonchev–Trinajstić information content (AvgIpc) is 3.20. The van der Waals surface area contributed by atoms with Crippen molar-refractivity contribution in [2.24, 2.45) is 5.41 Å². The quantitative estimate of drug-likeness (QED) is 0.831. The molecule has 0 unspecified atom stereocenters. The molecule has 21 heavy (non-hydrogen) atoms. The van der Waals surface area contributed by atoms with Crippen LogP contribution in [0.5, 0.6) is 0 Å². The summed E-state index contributed by atoms with van der Waals surface area (Å²) in [5, 5.41) is 11.7. The first-order chi connectivity index (χ1) is 10.0. The predicted molar refractivity (Wildman–Crippen MR) is 73.5 cm³/mol. The maximum Gasteiger partial charge on any atom is 0.311 e. The number of rotatable bonds is 5. The van der Waals surface area contributed by atoms with Crippen LogP contribution in [-0.4, -0.2) is 40.9 Å². The van der Waals surface area contributed by atoms with Crippen LogP contribution >= 0.6 is 0 Å². The first-order valence-corrected chi connectivity index (χ1v) is 6.89. The Hall–Kier alpha value is -2.37. The standard InChI is InChI=1S/C15H16N2O4/c18-12(16-9-15(5-6-15)14(20)21)8-17-7-10-3-1-2-4-11(10)13(17)19/h1-4H,5-9H2,(H,16,18)(H,20,21). The molecule has 110 valence electrons. The topological polar surface area (TPSA) is 86.7 Å². The number of fused-ring (bicyclic) bond motifs is 1. The van der Waals surface area contributed by atoms with Crippen LogP contribution in [-0.2, 0) is 16.1 Å². The van der Waals surface area contributed by atoms with E-state index in [0.717, 1.165) is 5.56 Å². The molecule has 1 heterocycles. The number of amides is 2. The van der Waals surface area contributed by atoms with E-state index in [0.29, 0.717) is 24.9 Å². The minimum atomic E-state index is -0.868. The van der Waals surface area contributed by atoms with E-state index < -0.39 is 11.4 Å². The van der Waals surface area contributed by atoms with Gasteiger partial charge in [0, 0.05) is 18.7 Å². The molecule has 0 bridgehead atoms. The van der Waals surface area contributed by atoms with Gasteiger partial charge in [-0.15, -0.1) is 0 Å². The van der Waals surface area contributed by atoms with Gasteiger partial charge in [0.2, 0.25) is 5.91 Å². The maximum atomic E-state index is 12.1. The van der Waals surface area contributed by atoms with Crippen LogP contribution in [0.2, 0.25) is 0 Å². The van der Waals surface area contributed by atoms with Crippen LogP contribution in [0.25, 0.3) is 0 Å². The number of carboxylic acids is 1. The van der Waals surface area contributed by atoms with Crippen LogP contribution < -0.4 is 5.32 Å². The minimum absolute atomic E-state index is 0.0385. The molecular formula is C15H16N2O4. The van der Waals surface area contributed by atoms with E-state index >= 15 is 0 Å². The molecule has 0 radical (unpaired) electrons. The minimum Gasteiger partial charge on any atom is -0.481 e. The van der Waals surface area contributed by atoms with Gasteiger partial charge in [0.1, 0.15) is 6.54 Å². The molecule has 1 aliphatic heterocycles. The Balaban J connectivity index is 1.55. The molecule has 6 nitrogen and oxygen atoms in total. The van der Waals surface area contributed by atoms with Crippen LogP contribution in [0.3, 0.4) is 0 Å². The summed E-state index contributed by atoms with van der Waals surface area (Å²) in [6.07, 6.45) is 1.19. The normalized spacial score (nSPS) is 18.3. The highest BCUT2D eigenvalue weighted by atomic mass is 16.4. The Labute approximate surface area is 121 Å². The van der Waals surface area contributed by atoms with Crippen LogP contribution in [0.1, 0.15) is 28.8 Å². The molecule has 6 heteroatoms. The number of hydrogen-bond donors (Lipinski definition) is 2. The first-order valence-electron chi connectivity index (χ1n) is 6.89. The molecule has 0 spiro atoms. The Kier molecular flexibility index (Phi) is 3.16. The highest BCUT2D eigenvalue weighted by Gasteiger charge is 2.50. The fourth-order valence-electron chi connectivity index (χ4n) is 2.56. The second-order valence-electron chi connectivity index (χ2n) is 5.68. The van der Waals surface area contributed by atoms with Gasteiger partial charge in [0.25, 0.3) is 5.91 Å². The molecule has 2 N–H and O–H groups in total. The fourth-order valence-corrected chi connectivity index (χ4v) is 2.56. The zero-order valence-electron chi connectivity index (χ0n) is 11.5. The van der Waals surface area contributed by atoms with E-state index in [9.17, 15) is 14.4 Å². The highest BCUT2D eigenvalue weighted by molar-refractivity contribution is 6.00. The third kappa shape index (κ3) is 2.49. The van der Waals surface area contributed by atoms with Crippen LogP contribution in [0, 0.1) is 5.41 Å². The zero-order valence-corrected chi connectivity index (χ0v) is 11.5. The predicted octanol–water partition coefficient (Wildman–Crippen LogP) is 0.623. The largest absolute Gasteiger partial charge is 0.481 e. The molecule has 3 rings (SSSR count). The molecule has 0 atom stereocenters. The van der Waals surface area contributed by atoms with Crippen molar-refractivity contribution in [3.05, 3.63) is 35.4 Å². The maximum absolute atomic E-state index is 12.1. The summed E-state index contributed by atoms with van der Waals surface area (Å²) in [6.45, 7) is 0.520.